The smallest absolute Gasteiger partial charge is 0.242 e. The second-order valence-corrected chi connectivity index (χ2v) is 4.34. The number of nitriles is 1. The highest BCUT2D eigenvalue weighted by Crippen LogP contribution is 2.17. The summed E-state index contributed by atoms with van der Waals surface area (Å²) < 4.78 is 0. The summed E-state index contributed by atoms with van der Waals surface area (Å²) in [5.41, 5.74) is -1.08. The third-order valence-corrected chi connectivity index (χ3v) is 2.31. The fraction of sp³-hybridized carbons (Fsp3) is 0.727. The molecule has 0 spiro atoms. The molecule has 0 bridgehead atoms. The van der Waals surface area contributed by atoms with Gasteiger partial charge < -0.3 is 9.80 Å². The molecule has 2 amide bonds. The molecule has 0 saturated heterocycles. The highest BCUT2D eigenvalue weighted by atomic mass is 16.2. The summed E-state index contributed by atoms with van der Waals surface area (Å²) in [6, 6.07) is 1.94. The van der Waals surface area contributed by atoms with Crippen LogP contribution in [0.4, 0.5) is 0 Å². The van der Waals surface area contributed by atoms with Crippen molar-refractivity contribution in [2.75, 3.05) is 27.2 Å². The predicted molar refractivity (Wildman–Crippen MR) is 60.3 cm³/mol. The lowest BCUT2D eigenvalue weighted by atomic mass is 9.94. The van der Waals surface area contributed by atoms with Gasteiger partial charge in [0, 0.05) is 20.6 Å². The van der Waals surface area contributed by atoms with E-state index >= 15 is 0 Å². The molecule has 0 heterocycles. The number of nitrogens with zero attached hydrogens (tertiary/aromatic N) is 3. The van der Waals surface area contributed by atoms with Crippen LogP contribution in [-0.2, 0) is 9.59 Å². The molecular formula is C11H19N3O2. The van der Waals surface area contributed by atoms with Crippen molar-refractivity contribution in [2.45, 2.75) is 20.8 Å². The number of carbonyl (C=O) groups excluding carboxylic acids is 2. The standard InChI is InChI=1S/C11H19N3O2/c1-6-14(7-9(15)13(4)5)10(16)11(2,3)8-12/h6-7H2,1-5H3. The highest BCUT2D eigenvalue weighted by molar-refractivity contribution is 5.89. The molecule has 0 rings (SSSR count). The Morgan fingerprint density at radius 3 is 2.12 bits per heavy atom. The first-order valence-electron chi connectivity index (χ1n) is 5.17. The van der Waals surface area contributed by atoms with Crippen molar-refractivity contribution in [3.05, 3.63) is 0 Å². The molecule has 5 heteroatoms. The maximum absolute atomic E-state index is 11.9. The summed E-state index contributed by atoms with van der Waals surface area (Å²) >= 11 is 0. The van der Waals surface area contributed by atoms with Crippen LogP contribution in [0.2, 0.25) is 0 Å². The number of carbonyl (C=O) groups is 2. The number of likely N-dealkylation sites (N-methyl/N-ethyl adjacent to an activating group) is 2. The Balaban J connectivity index is 4.71. The van der Waals surface area contributed by atoms with E-state index in [9.17, 15) is 9.59 Å². The summed E-state index contributed by atoms with van der Waals surface area (Å²) in [7, 11) is 3.27. The molecule has 0 aromatic heterocycles. The van der Waals surface area contributed by atoms with Crippen molar-refractivity contribution in [3.63, 3.8) is 0 Å². The van der Waals surface area contributed by atoms with Crippen LogP contribution < -0.4 is 0 Å². The number of rotatable bonds is 4. The molecule has 0 unspecified atom stereocenters. The minimum atomic E-state index is -1.08. The normalized spacial score (nSPS) is 10.5. The van der Waals surface area contributed by atoms with Crippen LogP contribution in [0.3, 0.4) is 0 Å². The van der Waals surface area contributed by atoms with Gasteiger partial charge in [-0.1, -0.05) is 0 Å². The Morgan fingerprint density at radius 1 is 1.31 bits per heavy atom. The van der Waals surface area contributed by atoms with E-state index in [0.717, 1.165) is 0 Å². The summed E-state index contributed by atoms with van der Waals surface area (Å²) in [6.07, 6.45) is 0. The topological polar surface area (TPSA) is 64.4 Å². The van der Waals surface area contributed by atoms with Crippen molar-refractivity contribution in [1.29, 1.82) is 5.26 Å². The molecule has 0 fully saturated rings. The number of hydrogen-bond donors (Lipinski definition) is 0. The van der Waals surface area contributed by atoms with Crippen LogP contribution in [0.1, 0.15) is 20.8 Å². The van der Waals surface area contributed by atoms with Crippen LogP contribution in [0.25, 0.3) is 0 Å². The monoisotopic (exact) mass is 225 g/mol. The van der Waals surface area contributed by atoms with Gasteiger partial charge in [-0.25, -0.2) is 0 Å². The minimum absolute atomic E-state index is 0.0213. The Labute approximate surface area is 96.6 Å². The van der Waals surface area contributed by atoms with Crippen LogP contribution in [-0.4, -0.2) is 48.8 Å². The molecule has 0 aromatic carbocycles. The Bertz CT molecular complexity index is 316. The Kier molecular flexibility index (Phi) is 4.96. The first-order chi connectivity index (χ1) is 7.26. The van der Waals surface area contributed by atoms with Gasteiger partial charge in [0.1, 0.15) is 5.41 Å². The van der Waals surface area contributed by atoms with E-state index < -0.39 is 5.41 Å². The van der Waals surface area contributed by atoms with Crippen LogP contribution in [0.5, 0.6) is 0 Å². The molecule has 0 aliphatic rings. The zero-order chi connectivity index (χ0) is 12.9. The van der Waals surface area contributed by atoms with E-state index in [1.807, 2.05) is 6.07 Å². The lowest BCUT2D eigenvalue weighted by molar-refractivity contribution is -0.143. The molecule has 0 aliphatic heterocycles. The fourth-order valence-electron chi connectivity index (χ4n) is 1.08. The maximum atomic E-state index is 11.9. The number of hydrogen-bond acceptors (Lipinski definition) is 3. The third-order valence-electron chi connectivity index (χ3n) is 2.31. The molecule has 0 atom stereocenters. The van der Waals surface area contributed by atoms with E-state index in [2.05, 4.69) is 0 Å². The van der Waals surface area contributed by atoms with Crippen molar-refractivity contribution in [1.82, 2.24) is 9.80 Å². The quantitative estimate of drug-likeness (QED) is 0.698. The molecule has 5 nitrogen and oxygen atoms in total. The number of amides is 2. The van der Waals surface area contributed by atoms with Gasteiger partial charge in [-0.3, -0.25) is 9.59 Å². The summed E-state index contributed by atoms with van der Waals surface area (Å²) in [5.74, 6) is -0.461. The minimum Gasteiger partial charge on any atom is -0.347 e. The van der Waals surface area contributed by atoms with E-state index in [4.69, 9.17) is 5.26 Å². The average molecular weight is 225 g/mol. The molecule has 0 aromatic rings. The summed E-state index contributed by atoms with van der Waals surface area (Å²) in [6.45, 7) is 5.33. The third kappa shape index (κ3) is 3.54. The molecule has 0 aliphatic carbocycles. The van der Waals surface area contributed by atoms with Crippen molar-refractivity contribution in [3.8, 4) is 6.07 Å². The Morgan fingerprint density at radius 2 is 1.81 bits per heavy atom. The highest BCUT2D eigenvalue weighted by Gasteiger charge is 2.32. The molecule has 0 radical (unpaired) electrons. The first-order valence-corrected chi connectivity index (χ1v) is 5.17. The second-order valence-electron chi connectivity index (χ2n) is 4.34. The SMILES string of the molecule is CCN(CC(=O)N(C)C)C(=O)C(C)(C)C#N. The van der Waals surface area contributed by atoms with E-state index in [0.29, 0.717) is 6.54 Å². The maximum Gasteiger partial charge on any atom is 0.242 e. The van der Waals surface area contributed by atoms with Crippen molar-refractivity contribution < 1.29 is 9.59 Å². The zero-order valence-electron chi connectivity index (χ0n) is 10.6. The van der Waals surface area contributed by atoms with Crippen LogP contribution >= 0.6 is 0 Å². The van der Waals surface area contributed by atoms with Crippen LogP contribution in [0, 0.1) is 16.7 Å². The van der Waals surface area contributed by atoms with Gasteiger partial charge in [0.2, 0.25) is 11.8 Å². The van der Waals surface area contributed by atoms with Gasteiger partial charge in [0.25, 0.3) is 0 Å². The summed E-state index contributed by atoms with van der Waals surface area (Å²) in [5, 5.41) is 8.86. The van der Waals surface area contributed by atoms with E-state index in [1.54, 1.807) is 34.9 Å². The predicted octanol–water partition coefficient (Wildman–Crippen LogP) is 0.473. The van der Waals surface area contributed by atoms with Gasteiger partial charge in [0.05, 0.1) is 12.6 Å². The van der Waals surface area contributed by atoms with Gasteiger partial charge in [0.15, 0.2) is 0 Å². The lowest BCUT2D eigenvalue weighted by Crippen LogP contribution is -2.45. The molecule has 16 heavy (non-hydrogen) atoms. The van der Waals surface area contributed by atoms with Gasteiger partial charge in [-0.15, -0.1) is 0 Å². The zero-order valence-corrected chi connectivity index (χ0v) is 10.6. The van der Waals surface area contributed by atoms with E-state index in [-0.39, 0.29) is 18.4 Å². The largest absolute Gasteiger partial charge is 0.347 e. The van der Waals surface area contributed by atoms with Gasteiger partial charge >= 0.3 is 0 Å². The van der Waals surface area contributed by atoms with Crippen LogP contribution in [0.15, 0.2) is 0 Å². The first kappa shape index (κ1) is 14.4. The molecule has 0 N–H and O–H groups in total. The van der Waals surface area contributed by atoms with Gasteiger partial charge in [-0.05, 0) is 20.8 Å². The molecular weight excluding hydrogens is 206 g/mol. The molecule has 90 valence electrons. The lowest BCUT2D eigenvalue weighted by Gasteiger charge is -2.27. The van der Waals surface area contributed by atoms with Gasteiger partial charge in [-0.2, -0.15) is 5.26 Å². The van der Waals surface area contributed by atoms with Crippen molar-refractivity contribution >= 4 is 11.8 Å². The van der Waals surface area contributed by atoms with Crippen molar-refractivity contribution in [2.24, 2.45) is 5.41 Å². The summed E-state index contributed by atoms with van der Waals surface area (Å²) in [4.78, 5) is 26.2. The fourth-order valence-corrected chi connectivity index (χ4v) is 1.08. The average Bonchev–Trinajstić information content (AvgIpc) is 2.24. The van der Waals surface area contributed by atoms with E-state index in [1.165, 1.54) is 9.80 Å². The second kappa shape index (κ2) is 5.50. The molecule has 0 saturated carbocycles. The Hall–Kier alpha value is -1.57.